The van der Waals surface area contributed by atoms with E-state index in [1.54, 1.807) is 18.2 Å². The van der Waals surface area contributed by atoms with Crippen LogP contribution in [0.3, 0.4) is 0 Å². The van der Waals surface area contributed by atoms with Gasteiger partial charge in [-0.1, -0.05) is 11.6 Å². The van der Waals surface area contributed by atoms with E-state index in [0.29, 0.717) is 10.9 Å². The molecule has 0 fully saturated rings. The number of nitrogens with two attached hydrogens (primary N) is 1. The van der Waals surface area contributed by atoms with Crippen LogP contribution in [0.4, 0.5) is 5.88 Å². The number of nitrogens with zero attached hydrogens (tertiary/aromatic N) is 2. The van der Waals surface area contributed by atoms with Crippen LogP contribution in [0, 0.1) is 18.3 Å². The van der Waals surface area contributed by atoms with Crippen molar-refractivity contribution in [1.29, 1.82) is 5.26 Å². The lowest BCUT2D eigenvalue weighted by molar-refractivity contribution is 0.593. The zero-order chi connectivity index (χ0) is 11.7. The lowest BCUT2D eigenvalue weighted by Gasteiger charge is -2.00. The average molecular weight is 234 g/mol. The molecule has 0 saturated heterocycles. The Bertz CT molecular complexity index is 583. The summed E-state index contributed by atoms with van der Waals surface area (Å²) in [5.74, 6) is 0.370. The van der Waals surface area contributed by atoms with E-state index in [9.17, 15) is 0 Å². The van der Waals surface area contributed by atoms with Crippen molar-refractivity contribution >= 4 is 17.5 Å². The van der Waals surface area contributed by atoms with Gasteiger partial charge in [0.05, 0.1) is 0 Å². The summed E-state index contributed by atoms with van der Waals surface area (Å²) in [6, 6.07) is 7.17. The summed E-state index contributed by atoms with van der Waals surface area (Å²) in [5, 5.41) is 9.36. The molecule has 0 bridgehead atoms. The highest BCUT2D eigenvalue weighted by atomic mass is 35.5. The van der Waals surface area contributed by atoms with Crippen molar-refractivity contribution in [3.8, 4) is 17.5 Å². The molecule has 0 radical (unpaired) electrons. The number of anilines is 1. The van der Waals surface area contributed by atoms with E-state index in [4.69, 9.17) is 27.0 Å². The third-order valence-corrected chi connectivity index (χ3v) is 2.41. The molecule has 0 saturated carbocycles. The summed E-state index contributed by atoms with van der Waals surface area (Å²) in [7, 11) is 0. The molecule has 0 amide bonds. The van der Waals surface area contributed by atoms with Crippen molar-refractivity contribution in [3.63, 3.8) is 0 Å². The van der Waals surface area contributed by atoms with Crippen molar-refractivity contribution in [2.45, 2.75) is 6.92 Å². The fraction of sp³-hybridized carbons (Fsp3) is 0.0909. The first-order valence-electron chi connectivity index (χ1n) is 4.54. The van der Waals surface area contributed by atoms with E-state index in [-0.39, 0.29) is 11.6 Å². The van der Waals surface area contributed by atoms with Crippen LogP contribution in [0.1, 0.15) is 11.3 Å². The fourth-order valence-corrected chi connectivity index (χ4v) is 1.62. The van der Waals surface area contributed by atoms with Crippen LogP contribution >= 0.6 is 11.6 Å². The number of nitriles is 1. The molecular formula is C11H8ClN3O. The first-order valence-corrected chi connectivity index (χ1v) is 4.92. The van der Waals surface area contributed by atoms with Crippen LogP contribution in [0.15, 0.2) is 22.6 Å². The minimum absolute atomic E-state index is 0.0341. The minimum atomic E-state index is 0.0341. The van der Waals surface area contributed by atoms with Crippen molar-refractivity contribution in [1.82, 2.24) is 4.98 Å². The summed E-state index contributed by atoms with van der Waals surface area (Å²) < 4.78 is 5.21. The largest absolute Gasteiger partial charge is 0.419 e. The number of aryl methyl sites for hydroxylation is 1. The van der Waals surface area contributed by atoms with Gasteiger partial charge in [0, 0.05) is 10.6 Å². The number of nitrogen functional groups attached to an aromatic ring is 1. The van der Waals surface area contributed by atoms with Crippen LogP contribution < -0.4 is 5.73 Å². The molecule has 80 valence electrons. The van der Waals surface area contributed by atoms with Crippen LogP contribution in [-0.2, 0) is 0 Å². The van der Waals surface area contributed by atoms with Gasteiger partial charge < -0.3 is 10.2 Å². The van der Waals surface area contributed by atoms with Gasteiger partial charge in [-0.3, -0.25) is 0 Å². The standard InChI is InChI=1S/C11H8ClN3O/c1-6-4-7(12)2-3-8(6)11-15-9(5-13)10(14)16-11/h2-4H,14H2,1H3. The minimum Gasteiger partial charge on any atom is -0.419 e. The first kappa shape index (κ1) is 10.5. The fourth-order valence-electron chi connectivity index (χ4n) is 1.39. The van der Waals surface area contributed by atoms with Crippen molar-refractivity contribution in [2.75, 3.05) is 5.73 Å². The molecule has 1 aromatic heterocycles. The Kier molecular flexibility index (Phi) is 2.55. The Morgan fingerprint density at radius 1 is 1.50 bits per heavy atom. The van der Waals surface area contributed by atoms with E-state index in [2.05, 4.69) is 4.98 Å². The third-order valence-electron chi connectivity index (χ3n) is 2.18. The zero-order valence-corrected chi connectivity index (χ0v) is 9.25. The number of benzene rings is 1. The highest BCUT2D eigenvalue weighted by Crippen LogP contribution is 2.27. The maximum atomic E-state index is 8.72. The molecule has 4 nitrogen and oxygen atoms in total. The number of halogens is 1. The molecule has 2 rings (SSSR count). The summed E-state index contributed by atoms with van der Waals surface area (Å²) in [5.41, 5.74) is 7.28. The first-order chi connectivity index (χ1) is 7.61. The summed E-state index contributed by atoms with van der Waals surface area (Å²) >= 11 is 5.84. The molecule has 1 aromatic carbocycles. The predicted molar refractivity (Wildman–Crippen MR) is 60.8 cm³/mol. The predicted octanol–water partition coefficient (Wildman–Crippen LogP) is 2.76. The molecule has 0 aliphatic heterocycles. The maximum Gasteiger partial charge on any atom is 0.230 e. The van der Waals surface area contributed by atoms with Crippen molar-refractivity contribution in [2.24, 2.45) is 0 Å². The topological polar surface area (TPSA) is 75.8 Å². The number of aromatic nitrogens is 1. The van der Waals surface area contributed by atoms with Crippen LogP contribution in [-0.4, -0.2) is 4.98 Å². The van der Waals surface area contributed by atoms with Gasteiger partial charge in [-0.05, 0) is 30.7 Å². The maximum absolute atomic E-state index is 8.72. The van der Waals surface area contributed by atoms with Gasteiger partial charge >= 0.3 is 0 Å². The van der Waals surface area contributed by atoms with E-state index in [1.165, 1.54) is 0 Å². The SMILES string of the molecule is Cc1cc(Cl)ccc1-c1nc(C#N)c(N)o1. The Morgan fingerprint density at radius 3 is 2.81 bits per heavy atom. The van der Waals surface area contributed by atoms with E-state index in [1.807, 2.05) is 13.0 Å². The summed E-state index contributed by atoms with van der Waals surface area (Å²) in [4.78, 5) is 3.99. The molecule has 2 N–H and O–H groups in total. The number of hydrogen-bond donors (Lipinski definition) is 1. The normalized spacial score (nSPS) is 10.1. The average Bonchev–Trinajstić information content (AvgIpc) is 2.59. The summed E-state index contributed by atoms with van der Waals surface area (Å²) in [6.07, 6.45) is 0. The molecule has 2 aromatic rings. The highest BCUT2D eigenvalue weighted by molar-refractivity contribution is 6.30. The quantitative estimate of drug-likeness (QED) is 0.822. The number of hydrogen-bond acceptors (Lipinski definition) is 4. The van der Waals surface area contributed by atoms with Crippen molar-refractivity contribution < 1.29 is 4.42 Å². The third kappa shape index (κ3) is 1.73. The molecule has 0 spiro atoms. The van der Waals surface area contributed by atoms with Gasteiger partial charge in [0.1, 0.15) is 6.07 Å². The van der Waals surface area contributed by atoms with Gasteiger partial charge in [-0.2, -0.15) is 10.2 Å². The lowest BCUT2D eigenvalue weighted by Crippen LogP contribution is -1.84. The second kappa shape index (κ2) is 3.87. The Balaban J connectivity index is 2.55. The van der Waals surface area contributed by atoms with Crippen LogP contribution in [0.5, 0.6) is 0 Å². The Labute approximate surface area is 97.3 Å². The van der Waals surface area contributed by atoms with Gasteiger partial charge in [0.2, 0.25) is 17.5 Å². The number of rotatable bonds is 1. The summed E-state index contributed by atoms with van der Waals surface area (Å²) in [6.45, 7) is 1.88. The Hall–Kier alpha value is -1.99. The molecule has 5 heteroatoms. The Morgan fingerprint density at radius 2 is 2.25 bits per heavy atom. The number of oxazole rings is 1. The molecule has 0 atom stereocenters. The molecule has 0 aliphatic rings. The smallest absolute Gasteiger partial charge is 0.230 e. The van der Waals surface area contributed by atoms with Gasteiger partial charge in [-0.15, -0.1) is 0 Å². The molecular weight excluding hydrogens is 226 g/mol. The van der Waals surface area contributed by atoms with Gasteiger partial charge in [-0.25, -0.2) is 0 Å². The second-order valence-corrected chi connectivity index (χ2v) is 3.74. The van der Waals surface area contributed by atoms with E-state index >= 15 is 0 Å². The van der Waals surface area contributed by atoms with Crippen molar-refractivity contribution in [3.05, 3.63) is 34.5 Å². The lowest BCUT2D eigenvalue weighted by atomic mass is 10.1. The molecule has 0 unspecified atom stereocenters. The van der Waals surface area contributed by atoms with E-state index < -0.39 is 0 Å². The van der Waals surface area contributed by atoms with E-state index in [0.717, 1.165) is 11.1 Å². The zero-order valence-electron chi connectivity index (χ0n) is 8.49. The van der Waals surface area contributed by atoms with Gasteiger partial charge in [0.15, 0.2) is 0 Å². The monoisotopic (exact) mass is 233 g/mol. The molecule has 16 heavy (non-hydrogen) atoms. The van der Waals surface area contributed by atoms with Crippen LogP contribution in [0.2, 0.25) is 5.02 Å². The molecule has 0 aliphatic carbocycles. The highest BCUT2D eigenvalue weighted by Gasteiger charge is 2.13. The van der Waals surface area contributed by atoms with Gasteiger partial charge in [0.25, 0.3) is 0 Å². The second-order valence-electron chi connectivity index (χ2n) is 3.30. The van der Waals surface area contributed by atoms with Crippen LogP contribution in [0.25, 0.3) is 11.5 Å². The molecule has 1 heterocycles.